The number of anilines is 1. The van der Waals surface area contributed by atoms with Gasteiger partial charge in [0.05, 0.1) is 6.10 Å². The Labute approximate surface area is 257 Å². The number of rotatable bonds is 15. The minimum absolute atomic E-state index is 0.0596. The van der Waals surface area contributed by atoms with Gasteiger partial charge >= 0.3 is 0 Å². The maximum absolute atomic E-state index is 13.0. The molecule has 0 amide bonds. The third-order valence-electron chi connectivity index (χ3n) is 12.3. The van der Waals surface area contributed by atoms with Crippen molar-refractivity contribution in [1.29, 1.82) is 0 Å². The minimum atomic E-state index is -2.64. The summed E-state index contributed by atoms with van der Waals surface area (Å²) in [6, 6.07) is 8.54. The third kappa shape index (κ3) is 5.02. The Morgan fingerprint density at radius 3 is 2.02 bits per heavy atom. The first-order valence-electron chi connectivity index (χ1n) is 16.5. The molecule has 2 aromatic heterocycles. The van der Waals surface area contributed by atoms with E-state index >= 15 is 0 Å². The zero-order valence-corrected chi connectivity index (χ0v) is 30.6. The Morgan fingerprint density at radius 1 is 0.976 bits per heavy atom. The molecule has 5 atom stereocenters. The van der Waals surface area contributed by atoms with E-state index in [1.807, 2.05) is 26.0 Å². The summed E-state index contributed by atoms with van der Waals surface area (Å²) in [6.45, 7) is 27.2. The second kappa shape index (κ2) is 12.6. The normalized spacial score (nSPS) is 27.1. The minimum Gasteiger partial charge on any atom is -0.408 e. The van der Waals surface area contributed by atoms with E-state index in [2.05, 4.69) is 79.3 Å². The predicted molar refractivity (Wildman–Crippen MR) is 177 cm³/mol. The lowest BCUT2D eigenvalue weighted by atomic mass is 9.71. The molecule has 10 heteroatoms. The van der Waals surface area contributed by atoms with E-state index in [4.69, 9.17) is 19.3 Å². The van der Waals surface area contributed by atoms with Crippen LogP contribution in [0.15, 0.2) is 18.5 Å². The number of fused-ring (bicyclic) bond motifs is 1. The van der Waals surface area contributed by atoms with Crippen molar-refractivity contribution in [1.82, 2.24) is 14.6 Å². The lowest BCUT2D eigenvalue weighted by molar-refractivity contribution is -0.268. The van der Waals surface area contributed by atoms with Crippen molar-refractivity contribution in [2.75, 3.05) is 5.73 Å². The quantitative estimate of drug-likeness (QED) is 0.194. The number of ether oxygens (including phenoxy) is 1. The van der Waals surface area contributed by atoms with Gasteiger partial charge in [0.1, 0.15) is 29.2 Å². The van der Waals surface area contributed by atoms with E-state index in [1.54, 1.807) is 4.52 Å². The summed E-state index contributed by atoms with van der Waals surface area (Å²) in [6.07, 6.45) is 3.69. The Morgan fingerprint density at radius 2 is 1.55 bits per heavy atom. The van der Waals surface area contributed by atoms with E-state index in [1.165, 1.54) is 6.33 Å². The molecule has 1 aliphatic rings. The lowest BCUT2D eigenvalue weighted by Crippen LogP contribution is -2.66. The zero-order valence-electron chi connectivity index (χ0n) is 28.6. The van der Waals surface area contributed by atoms with Crippen LogP contribution in [0.1, 0.15) is 108 Å². The van der Waals surface area contributed by atoms with Crippen LogP contribution < -0.4 is 5.73 Å². The molecule has 8 nitrogen and oxygen atoms in total. The van der Waals surface area contributed by atoms with E-state index in [-0.39, 0.29) is 10.5 Å². The van der Waals surface area contributed by atoms with Gasteiger partial charge in [0.15, 0.2) is 22.5 Å². The molecule has 3 heterocycles. The lowest BCUT2D eigenvalue weighted by Gasteiger charge is -2.59. The first-order chi connectivity index (χ1) is 19.7. The summed E-state index contributed by atoms with van der Waals surface area (Å²) in [5.74, 6) is -1.48. The van der Waals surface area contributed by atoms with Crippen LogP contribution in [0.3, 0.4) is 0 Å². The van der Waals surface area contributed by atoms with Crippen LogP contribution in [0.25, 0.3) is 5.52 Å². The average molecular weight is 621 g/mol. The highest BCUT2D eigenvalue weighted by atomic mass is 28.4. The molecule has 0 aromatic carbocycles. The smallest absolute Gasteiger partial charge is 0.241 e. The highest BCUT2D eigenvalue weighted by molar-refractivity contribution is 6.77. The standard InChI is InChI=1S/C32H60N4O4Si2/c1-13-29(10,14-2)30(11,15-3)42(19-7,20-8)40-31(12)27(39-41(16-4,17-5)18-6)24(9)38-32(31,37)26-22-21-25-28(33)34-23-35-36(25)26/h21-24,27,37H,13-20H2,1-12H3,(H2,33,34,35)/t24-,27-,30?,31-,32?/m1/s1. The Bertz CT molecular complexity index is 1190. The second-order valence-corrected chi connectivity index (χ2v) is 22.7. The van der Waals surface area contributed by atoms with E-state index in [0.717, 1.165) is 49.5 Å². The fraction of sp³-hybridized carbons (Fsp3) is 0.812. The summed E-state index contributed by atoms with van der Waals surface area (Å²) in [4.78, 5) is 4.17. The predicted octanol–water partition coefficient (Wildman–Crippen LogP) is 8.02. The van der Waals surface area contributed by atoms with Gasteiger partial charge in [-0.15, -0.1) is 0 Å². The van der Waals surface area contributed by atoms with Gasteiger partial charge in [-0.1, -0.05) is 88.5 Å². The number of nitrogens with two attached hydrogens (primary N) is 1. The molecule has 0 aliphatic carbocycles. The van der Waals surface area contributed by atoms with Crippen molar-refractivity contribution in [3.05, 3.63) is 24.2 Å². The summed E-state index contributed by atoms with van der Waals surface area (Å²) in [7, 11) is -4.77. The third-order valence-corrected chi connectivity index (χ3v) is 23.0. The van der Waals surface area contributed by atoms with Gasteiger partial charge in [0, 0.05) is 0 Å². The first kappa shape index (κ1) is 35.2. The van der Waals surface area contributed by atoms with Crippen LogP contribution >= 0.6 is 0 Å². The van der Waals surface area contributed by atoms with Crippen LogP contribution in [0.5, 0.6) is 0 Å². The molecule has 0 spiro atoms. The molecule has 0 bridgehead atoms. The average Bonchev–Trinajstić information content (AvgIpc) is 3.52. The monoisotopic (exact) mass is 620 g/mol. The number of nitrogens with zero attached hydrogens (tertiary/aromatic N) is 3. The number of nitrogen functional groups attached to an aromatic ring is 1. The molecule has 3 rings (SSSR count). The van der Waals surface area contributed by atoms with Gasteiger partial charge in [0.2, 0.25) is 5.79 Å². The summed E-state index contributed by atoms with van der Waals surface area (Å²) < 4.78 is 23.5. The highest BCUT2D eigenvalue weighted by Gasteiger charge is 2.70. The molecule has 0 radical (unpaired) electrons. The van der Waals surface area contributed by atoms with Crippen molar-refractivity contribution in [3.63, 3.8) is 0 Å². The summed E-state index contributed by atoms with van der Waals surface area (Å²) in [5, 5.41) is 17.5. The molecule has 1 fully saturated rings. The van der Waals surface area contributed by atoms with Gasteiger partial charge < -0.3 is 24.4 Å². The van der Waals surface area contributed by atoms with Gasteiger partial charge in [-0.3, -0.25) is 0 Å². The highest BCUT2D eigenvalue weighted by Crippen LogP contribution is 2.64. The molecule has 1 saturated heterocycles. The maximum Gasteiger partial charge on any atom is 0.241 e. The van der Waals surface area contributed by atoms with Gasteiger partial charge in [-0.05, 0) is 66.7 Å². The fourth-order valence-corrected chi connectivity index (χ4v) is 16.9. The van der Waals surface area contributed by atoms with Gasteiger partial charge in [-0.25, -0.2) is 9.50 Å². The molecule has 1 aliphatic heterocycles. The van der Waals surface area contributed by atoms with Crippen molar-refractivity contribution >= 4 is 28.0 Å². The molecule has 42 heavy (non-hydrogen) atoms. The maximum atomic E-state index is 13.0. The van der Waals surface area contributed by atoms with Crippen molar-refractivity contribution in [2.45, 2.75) is 161 Å². The van der Waals surface area contributed by atoms with E-state index < -0.39 is 40.2 Å². The first-order valence-corrected chi connectivity index (χ1v) is 21.4. The summed E-state index contributed by atoms with van der Waals surface area (Å²) in [5.41, 5.74) is 6.23. The fourth-order valence-electron chi connectivity index (χ4n) is 8.24. The number of aliphatic hydroxyl groups is 1. The SMILES string of the molecule is CCC(C)(CC)C(C)(CC)[Si](CC)(CC)O[C@]1(C)[C@H](O[Si](CC)(CC)CC)[C@@H](C)OC1(O)c1ccc2c(N)ncnn12. The largest absolute Gasteiger partial charge is 0.408 e. The molecule has 2 unspecified atom stereocenters. The number of hydrogen-bond acceptors (Lipinski definition) is 7. The zero-order chi connectivity index (χ0) is 31.8. The number of hydrogen-bond donors (Lipinski definition) is 2. The topological polar surface area (TPSA) is 104 Å². The van der Waals surface area contributed by atoms with Crippen LogP contribution in [-0.4, -0.2) is 54.1 Å². The van der Waals surface area contributed by atoms with E-state index in [0.29, 0.717) is 17.0 Å². The molecular formula is C32H60N4O4Si2. The molecule has 2 aromatic rings. The molecular weight excluding hydrogens is 561 g/mol. The van der Waals surface area contributed by atoms with Crippen molar-refractivity contribution in [2.24, 2.45) is 5.41 Å². The van der Waals surface area contributed by atoms with Crippen LogP contribution in [0.2, 0.25) is 35.3 Å². The van der Waals surface area contributed by atoms with Crippen LogP contribution in [0, 0.1) is 5.41 Å². The Balaban J connectivity index is 2.36. The molecule has 0 saturated carbocycles. The Hall–Kier alpha value is -1.31. The van der Waals surface area contributed by atoms with Crippen molar-refractivity contribution in [3.8, 4) is 0 Å². The van der Waals surface area contributed by atoms with Gasteiger partial charge in [0.25, 0.3) is 0 Å². The Kier molecular flexibility index (Phi) is 10.5. The molecule has 240 valence electrons. The second-order valence-electron chi connectivity index (χ2n) is 13.3. The number of aromatic nitrogens is 3. The van der Waals surface area contributed by atoms with Crippen LogP contribution in [-0.2, 0) is 19.4 Å². The van der Waals surface area contributed by atoms with Crippen LogP contribution in [0.4, 0.5) is 5.82 Å². The van der Waals surface area contributed by atoms with Crippen molar-refractivity contribution < 1.29 is 18.7 Å². The van der Waals surface area contributed by atoms with Gasteiger partial charge in [-0.2, -0.15) is 5.10 Å². The molecule has 3 N–H and O–H groups in total. The van der Waals surface area contributed by atoms with E-state index in [9.17, 15) is 5.11 Å². The summed E-state index contributed by atoms with van der Waals surface area (Å²) >= 11 is 0.